The van der Waals surface area contributed by atoms with Crippen LogP contribution in [0.15, 0.2) is 0 Å². The van der Waals surface area contributed by atoms with Crippen LogP contribution in [0.3, 0.4) is 0 Å². The van der Waals surface area contributed by atoms with Crippen LogP contribution in [0.4, 0.5) is 0 Å². The second-order valence-corrected chi connectivity index (χ2v) is 11.3. The Bertz CT molecular complexity index is 410. The van der Waals surface area contributed by atoms with Gasteiger partial charge < -0.3 is 10.2 Å². The lowest BCUT2D eigenvalue weighted by atomic mass is 9.98. The molecule has 0 atom stereocenters. The van der Waals surface area contributed by atoms with Crippen LogP contribution in [0.1, 0.15) is 202 Å². The van der Waals surface area contributed by atoms with Gasteiger partial charge in [-0.05, 0) is 18.8 Å². The van der Waals surface area contributed by atoms with E-state index < -0.39 is 11.9 Å². The highest BCUT2D eigenvalue weighted by Gasteiger charge is 1.99. The summed E-state index contributed by atoms with van der Waals surface area (Å²) in [5.41, 5.74) is 0. The highest BCUT2D eigenvalue weighted by Crippen LogP contribution is 2.14. The van der Waals surface area contributed by atoms with Crippen LogP contribution in [-0.4, -0.2) is 22.2 Å². The van der Waals surface area contributed by atoms with Gasteiger partial charge in [0.1, 0.15) is 0 Å². The lowest BCUT2D eigenvalue weighted by Gasteiger charge is -2.08. The molecule has 0 aromatic heterocycles. The first-order valence-electron chi connectivity index (χ1n) is 16.8. The van der Waals surface area contributed by atoms with Crippen molar-refractivity contribution in [3.05, 3.63) is 0 Å². The first-order valence-corrected chi connectivity index (χ1v) is 16.8. The number of hydrogen-bond acceptors (Lipinski definition) is 2. The summed E-state index contributed by atoms with van der Waals surface area (Å²) < 4.78 is 0. The maximum Gasteiger partial charge on any atom is 0.303 e. The van der Waals surface area contributed by atoms with E-state index in [1.54, 1.807) is 0 Å². The molecule has 0 aromatic rings. The van der Waals surface area contributed by atoms with Crippen LogP contribution >= 0.6 is 0 Å². The molecule has 0 saturated carbocycles. The van der Waals surface area contributed by atoms with Gasteiger partial charge in [-0.1, -0.05) is 176 Å². The highest BCUT2D eigenvalue weighted by atomic mass is 16.4. The van der Waals surface area contributed by atoms with E-state index in [4.69, 9.17) is 10.2 Å². The van der Waals surface area contributed by atoms with E-state index in [-0.39, 0.29) is 0 Å². The summed E-state index contributed by atoms with van der Waals surface area (Å²) in [6.45, 7) is 11.4. The predicted octanol–water partition coefficient (Wildman–Crippen LogP) is 12.0. The quantitative estimate of drug-likeness (QED) is 0.107. The van der Waals surface area contributed by atoms with Gasteiger partial charge in [-0.3, -0.25) is 9.59 Å². The molecule has 0 saturated heterocycles. The fourth-order valence-corrected chi connectivity index (χ4v) is 4.42. The molecule has 0 aliphatic heterocycles. The topological polar surface area (TPSA) is 74.6 Å². The molecule has 0 amide bonds. The molecule has 0 radical (unpaired) electrons. The number of carbonyl (C=O) groups is 2. The van der Waals surface area contributed by atoms with Crippen LogP contribution < -0.4 is 0 Å². The average Bonchev–Trinajstić information content (AvgIpc) is 2.89. The van der Waals surface area contributed by atoms with Gasteiger partial charge in [-0.25, -0.2) is 0 Å². The average molecular weight is 543 g/mol. The summed E-state index contributed by atoms with van der Waals surface area (Å²) in [6.07, 6.45) is 31.4. The zero-order chi connectivity index (χ0) is 29.1. The molecule has 0 bridgehead atoms. The Labute approximate surface area is 239 Å². The third-order valence-corrected chi connectivity index (χ3v) is 7.09. The minimum Gasteiger partial charge on any atom is -0.481 e. The van der Waals surface area contributed by atoms with Gasteiger partial charge in [0.2, 0.25) is 0 Å². The van der Waals surface area contributed by atoms with Crippen LogP contribution in [0.2, 0.25) is 0 Å². The van der Waals surface area contributed by atoms with Gasteiger partial charge in [0.15, 0.2) is 0 Å². The van der Waals surface area contributed by atoms with E-state index in [0.717, 1.165) is 31.6 Å². The highest BCUT2D eigenvalue weighted by molar-refractivity contribution is 5.66. The molecule has 4 heteroatoms. The molecule has 0 heterocycles. The van der Waals surface area contributed by atoms with Gasteiger partial charge in [-0.2, -0.15) is 0 Å². The van der Waals surface area contributed by atoms with Crippen molar-refractivity contribution in [1.29, 1.82) is 0 Å². The Morgan fingerprint density at radius 2 is 0.658 bits per heavy atom. The van der Waals surface area contributed by atoms with Crippen molar-refractivity contribution in [2.24, 2.45) is 5.92 Å². The van der Waals surface area contributed by atoms with Crippen LogP contribution in [-0.2, 0) is 9.59 Å². The van der Waals surface area contributed by atoms with Gasteiger partial charge >= 0.3 is 11.9 Å². The van der Waals surface area contributed by atoms with Crippen molar-refractivity contribution in [2.75, 3.05) is 0 Å². The molecule has 0 aromatic carbocycles. The summed E-state index contributed by atoms with van der Waals surface area (Å²) in [5.74, 6) is -0.346. The lowest BCUT2D eigenvalue weighted by Crippen LogP contribution is -1.93. The van der Waals surface area contributed by atoms with Gasteiger partial charge in [0.25, 0.3) is 0 Å². The molecule has 4 nitrogen and oxygen atoms in total. The maximum absolute atomic E-state index is 10.2. The van der Waals surface area contributed by atoms with Crippen LogP contribution in [0, 0.1) is 5.92 Å². The van der Waals surface area contributed by atoms with E-state index in [0.29, 0.717) is 12.8 Å². The first-order chi connectivity index (χ1) is 18.3. The minimum atomic E-state index is -0.659. The van der Waals surface area contributed by atoms with Crippen molar-refractivity contribution in [3.63, 3.8) is 0 Å². The molecule has 0 spiro atoms. The molecule has 0 unspecified atom stereocenters. The zero-order valence-corrected chi connectivity index (χ0v) is 26.7. The van der Waals surface area contributed by atoms with Crippen molar-refractivity contribution < 1.29 is 19.8 Å². The van der Waals surface area contributed by atoms with Crippen molar-refractivity contribution in [1.82, 2.24) is 0 Å². The maximum atomic E-state index is 10.2. The summed E-state index contributed by atoms with van der Waals surface area (Å²) in [6, 6.07) is 0. The summed E-state index contributed by atoms with van der Waals surface area (Å²) in [5, 5.41) is 16.8. The smallest absolute Gasteiger partial charge is 0.303 e. The minimum absolute atomic E-state index is 0.343. The first kappa shape index (κ1) is 41.4. The van der Waals surface area contributed by atoms with Gasteiger partial charge in [0, 0.05) is 12.8 Å². The van der Waals surface area contributed by atoms with Crippen molar-refractivity contribution >= 4 is 11.9 Å². The molecule has 0 aliphatic carbocycles. The standard InChI is InChI=1S/2C12H24O2.C10H22/c2*1-2-3-4-5-6-7-8-9-10-11-12(13)14;1-4-6-8-10(3)9-7-5-2/h2*2-11H2,1H3,(H,13,14);10H,4-9H2,1-3H3. The number of unbranched alkanes of at least 4 members (excludes halogenated alkanes) is 18. The number of carboxylic acids is 2. The van der Waals surface area contributed by atoms with Crippen molar-refractivity contribution in [2.45, 2.75) is 202 Å². The molecule has 0 aliphatic rings. The fraction of sp³-hybridized carbons (Fsp3) is 0.941. The van der Waals surface area contributed by atoms with E-state index in [2.05, 4.69) is 34.6 Å². The molecule has 0 rings (SSSR count). The molecular formula is C34H70O4. The third kappa shape index (κ3) is 48.1. The number of aliphatic carboxylic acids is 2. The van der Waals surface area contributed by atoms with Crippen LogP contribution in [0.25, 0.3) is 0 Å². The number of carboxylic acid groups (broad SMARTS) is 2. The zero-order valence-electron chi connectivity index (χ0n) is 26.7. The normalized spacial score (nSPS) is 10.5. The Morgan fingerprint density at radius 1 is 0.421 bits per heavy atom. The monoisotopic (exact) mass is 543 g/mol. The van der Waals surface area contributed by atoms with Crippen LogP contribution in [0.5, 0.6) is 0 Å². The Morgan fingerprint density at radius 3 is 0.895 bits per heavy atom. The predicted molar refractivity (Wildman–Crippen MR) is 167 cm³/mol. The second-order valence-electron chi connectivity index (χ2n) is 11.3. The summed E-state index contributed by atoms with van der Waals surface area (Å²) in [4.78, 5) is 20.4. The van der Waals surface area contributed by atoms with E-state index in [1.807, 2.05) is 0 Å². The van der Waals surface area contributed by atoms with Crippen molar-refractivity contribution in [3.8, 4) is 0 Å². The summed E-state index contributed by atoms with van der Waals surface area (Å²) >= 11 is 0. The molecule has 0 fully saturated rings. The van der Waals surface area contributed by atoms with E-state index in [1.165, 1.54) is 128 Å². The van der Waals surface area contributed by atoms with E-state index >= 15 is 0 Å². The Hall–Kier alpha value is -1.06. The Kier molecular flexibility index (Phi) is 41.5. The molecule has 2 N–H and O–H groups in total. The van der Waals surface area contributed by atoms with E-state index in [9.17, 15) is 9.59 Å². The second kappa shape index (κ2) is 38.1. The third-order valence-electron chi connectivity index (χ3n) is 7.09. The molecule has 38 heavy (non-hydrogen) atoms. The molecular weight excluding hydrogens is 472 g/mol. The lowest BCUT2D eigenvalue weighted by molar-refractivity contribution is -0.138. The Balaban J connectivity index is -0.000000492. The largest absolute Gasteiger partial charge is 0.481 e. The SMILES string of the molecule is CCCCC(C)CCCC.CCCCCCCCCCCC(=O)O.CCCCCCCCCCCC(=O)O. The van der Waals surface area contributed by atoms with Gasteiger partial charge in [-0.15, -0.1) is 0 Å². The fourth-order valence-electron chi connectivity index (χ4n) is 4.42. The number of rotatable bonds is 26. The van der Waals surface area contributed by atoms with Gasteiger partial charge in [0.05, 0.1) is 0 Å². The summed E-state index contributed by atoms with van der Waals surface area (Å²) in [7, 11) is 0. The number of hydrogen-bond donors (Lipinski definition) is 2. The molecule has 230 valence electrons.